The quantitative estimate of drug-likeness (QED) is 0.202. The number of methoxy groups -OCH3 is 1. The molecule has 1 aliphatic rings. The van der Waals surface area contributed by atoms with Gasteiger partial charge in [-0.3, -0.25) is 4.79 Å². The lowest BCUT2D eigenvalue weighted by atomic mass is 9.87. The van der Waals surface area contributed by atoms with E-state index in [9.17, 15) is 9.59 Å². The van der Waals surface area contributed by atoms with E-state index < -0.39 is 12.0 Å². The molecule has 1 N–H and O–H groups in total. The highest BCUT2D eigenvalue weighted by Crippen LogP contribution is 2.39. The van der Waals surface area contributed by atoms with E-state index >= 15 is 0 Å². The zero-order chi connectivity index (χ0) is 25.9. The summed E-state index contributed by atoms with van der Waals surface area (Å²) in [5.74, 6) is 0.341. The van der Waals surface area contributed by atoms with Crippen molar-refractivity contribution in [2.75, 3.05) is 19.3 Å². The van der Waals surface area contributed by atoms with Crippen LogP contribution in [0.3, 0.4) is 0 Å². The Kier molecular flexibility index (Phi) is 11.2. The lowest BCUT2D eigenvalue weighted by molar-refractivity contribution is -0.151. The number of hydrogen-bond acceptors (Lipinski definition) is 6. The van der Waals surface area contributed by atoms with Crippen LogP contribution in [0.4, 0.5) is 0 Å². The molecule has 2 aromatic carbocycles. The molecule has 4 atom stereocenters. The molecule has 0 bridgehead atoms. The SMILES string of the molecule is COc1ccc(C[C@@H](NC(=O)/C=C/CC[C@H](C)[C@@H]2C[C@@H](c3ccccc3)O2)C(=O)OCSC)cc1Cl. The summed E-state index contributed by atoms with van der Waals surface area (Å²) in [6.07, 6.45) is 8.53. The molecule has 0 radical (unpaired) electrons. The van der Waals surface area contributed by atoms with Crippen molar-refractivity contribution in [3.63, 3.8) is 0 Å². The number of hydrogen-bond donors (Lipinski definition) is 1. The molecule has 1 aliphatic heterocycles. The fraction of sp³-hybridized carbons (Fsp3) is 0.429. The first-order valence-corrected chi connectivity index (χ1v) is 13.8. The number of nitrogens with one attached hydrogen (secondary N) is 1. The maximum absolute atomic E-state index is 12.6. The van der Waals surface area contributed by atoms with Gasteiger partial charge in [0, 0.05) is 12.8 Å². The van der Waals surface area contributed by atoms with E-state index in [1.807, 2.05) is 36.6 Å². The fourth-order valence-electron chi connectivity index (χ4n) is 4.10. The molecule has 0 aromatic heterocycles. The van der Waals surface area contributed by atoms with E-state index in [0.29, 0.717) is 16.7 Å². The zero-order valence-electron chi connectivity index (χ0n) is 20.9. The average molecular weight is 532 g/mol. The minimum Gasteiger partial charge on any atom is -0.495 e. The highest BCUT2D eigenvalue weighted by molar-refractivity contribution is 7.98. The Hall–Kier alpha value is -2.48. The number of carbonyl (C=O) groups is 2. The van der Waals surface area contributed by atoms with E-state index in [4.69, 9.17) is 25.8 Å². The van der Waals surface area contributed by atoms with Crippen molar-refractivity contribution in [2.45, 2.75) is 50.9 Å². The van der Waals surface area contributed by atoms with Gasteiger partial charge in [-0.1, -0.05) is 61.0 Å². The number of ether oxygens (including phenoxy) is 3. The third kappa shape index (κ3) is 8.29. The van der Waals surface area contributed by atoms with Crippen LogP contribution in [0.25, 0.3) is 0 Å². The molecule has 194 valence electrons. The van der Waals surface area contributed by atoms with Crippen LogP contribution in [0.1, 0.15) is 43.4 Å². The van der Waals surface area contributed by atoms with Crippen molar-refractivity contribution in [3.8, 4) is 5.75 Å². The van der Waals surface area contributed by atoms with Crippen LogP contribution in [-0.2, 0) is 25.5 Å². The molecule has 0 aliphatic carbocycles. The largest absolute Gasteiger partial charge is 0.495 e. The number of allylic oxidation sites excluding steroid dienone is 1. The van der Waals surface area contributed by atoms with Crippen LogP contribution < -0.4 is 10.1 Å². The minimum absolute atomic E-state index is 0.184. The normalized spacial score (nSPS) is 18.8. The van der Waals surface area contributed by atoms with E-state index in [2.05, 4.69) is 24.4 Å². The number of benzene rings is 2. The molecular weight excluding hydrogens is 498 g/mol. The van der Waals surface area contributed by atoms with Gasteiger partial charge < -0.3 is 19.5 Å². The topological polar surface area (TPSA) is 73.9 Å². The summed E-state index contributed by atoms with van der Waals surface area (Å²) in [6.45, 7) is 2.18. The van der Waals surface area contributed by atoms with Gasteiger partial charge in [-0.25, -0.2) is 4.79 Å². The van der Waals surface area contributed by atoms with E-state index in [1.165, 1.54) is 30.5 Å². The van der Waals surface area contributed by atoms with E-state index in [0.717, 1.165) is 24.8 Å². The Labute approximate surface area is 222 Å². The van der Waals surface area contributed by atoms with Gasteiger partial charge in [0.15, 0.2) is 0 Å². The maximum Gasteiger partial charge on any atom is 0.329 e. The van der Waals surface area contributed by atoms with Crippen molar-refractivity contribution in [3.05, 3.63) is 76.8 Å². The first kappa shape index (κ1) is 28.1. The number of esters is 1. The standard InChI is InChI=1S/C28H34ClNO5S/c1-19(25-17-26(35-25)21-10-5-4-6-11-21)9-7-8-12-27(31)30-23(28(32)34-18-36-3)16-20-13-14-24(33-2)22(29)15-20/h4-6,8,10-15,19,23,25-26H,7,9,16-18H2,1-3H3,(H,30,31)/b12-8+/t19-,23+,25-,26-/m0/s1. The Morgan fingerprint density at radius 2 is 2.00 bits per heavy atom. The summed E-state index contributed by atoms with van der Waals surface area (Å²) < 4.78 is 16.5. The molecule has 36 heavy (non-hydrogen) atoms. The molecular formula is C28H34ClNO5S. The van der Waals surface area contributed by atoms with E-state index in [-0.39, 0.29) is 30.5 Å². The second kappa shape index (κ2) is 14.3. The first-order chi connectivity index (χ1) is 17.4. The van der Waals surface area contributed by atoms with Crippen molar-refractivity contribution in [2.24, 2.45) is 5.92 Å². The molecule has 1 fully saturated rings. The number of halogens is 1. The summed E-state index contributed by atoms with van der Waals surface area (Å²) in [5, 5.41) is 3.21. The van der Waals surface area contributed by atoms with E-state index in [1.54, 1.807) is 12.1 Å². The van der Waals surface area contributed by atoms with Crippen LogP contribution in [0, 0.1) is 5.92 Å². The van der Waals surface area contributed by atoms with Crippen molar-refractivity contribution in [1.29, 1.82) is 0 Å². The van der Waals surface area contributed by atoms with Gasteiger partial charge in [0.2, 0.25) is 5.91 Å². The van der Waals surface area contributed by atoms with Gasteiger partial charge in [-0.15, -0.1) is 11.8 Å². The smallest absolute Gasteiger partial charge is 0.329 e. The van der Waals surface area contributed by atoms with Crippen LogP contribution >= 0.6 is 23.4 Å². The Balaban J connectivity index is 1.47. The third-order valence-electron chi connectivity index (χ3n) is 6.23. The Morgan fingerprint density at radius 3 is 2.67 bits per heavy atom. The average Bonchev–Trinajstić information content (AvgIpc) is 2.84. The van der Waals surface area contributed by atoms with Gasteiger partial charge in [0.25, 0.3) is 0 Å². The lowest BCUT2D eigenvalue weighted by Crippen LogP contribution is -2.42. The summed E-state index contributed by atoms with van der Waals surface area (Å²) in [7, 11) is 1.54. The lowest BCUT2D eigenvalue weighted by Gasteiger charge is -2.40. The fourth-order valence-corrected chi connectivity index (χ4v) is 4.61. The van der Waals surface area contributed by atoms with Crippen LogP contribution in [0.15, 0.2) is 60.7 Å². The highest BCUT2D eigenvalue weighted by Gasteiger charge is 2.34. The maximum atomic E-state index is 12.6. The monoisotopic (exact) mass is 531 g/mol. The molecule has 3 rings (SSSR count). The molecule has 1 heterocycles. The molecule has 2 aromatic rings. The van der Waals surface area contributed by atoms with Crippen LogP contribution in [-0.4, -0.2) is 43.3 Å². The third-order valence-corrected chi connectivity index (χ3v) is 6.87. The minimum atomic E-state index is -0.823. The predicted octanol–water partition coefficient (Wildman–Crippen LogP) is 5.74. The van der Waals surface area contributed by atoms with Crippen LogP contribution in [0.2, 0.25) is 5.02 Å². The van der Waals surface area contributed by atoms with Gasteiger partial charge in [0.1, 0.15) is 17.7 Å². The van der Waals surface area contributed by atoms with Crippen molar-refractivity contribution < 1.29 is 23.8 Å². The summed E-state index contributed by atoms with van der Waals surface area (Å²) in [5.41, 5.74) is 2.01. The Bertz CT molecular complexity index is 1030. The molecule has 0 unspecified atom stereocenters. The molecule has 6 nitrogen and oxygen atoms in total. The van der Waals surface area contributed by atoms with Gasteiger partial charge in [-0.05, 0) is 54.4 Å². The molecule has 0 spiro atoms. The number of thioether (sulfide) groups is 1. The summed E-state index contributed by atoms with van der Waals surface area (Å²) in [6, 6.07) is 14.7. The second-order valence-corrected chi connectivity index (χ2v) is 10.1. The highest BCUT2D eigenvalue weighted by atomic mass is 35.5. The van der Waals surface area contributed by atoms with Crippen LogP contribution in [0.5, 0.6) is 5.75 Å². The van der Waals surface area contributed by atoms with Crippen molar-refractivity contribution in [1.82, 2.24) is 5.32 Å². The number of carbonyl (C=O) groups excluding carboxylic acids is 2. The molecule has 1 amide bonds. The molecule has 0 saturated carbocycles. The van der Waals surface area contributed by atoms with Crippen molar-refractivity contribution >= 4 is 35.2 Å². The van der Waals surface area contributed by atoms with Gasteiger partial charge in [0.05, 0.1) is 24.3 Å². The number of amides is 1. The molecule has 8 heteroatoms. The summed E-state index contributed by atoms with van der Waals surface area (Å²) >= 11 is 7.61. The predicted molar refractivity (Wildman–Crippen MR) is 144 cm³/mol. The van der Waals surface area contributed by atoms with Gasteiger partial charge >= 0.3 is 5.97 Å². The number of rotatable bonds is 13. The Morgan fingerprint density at radius 1 is 1.25 bits per heavy atom. The summed E-state index contributed by atoms with van der Waals surface area (Å²) in [4.78, 5) is 25.1. The molecule has 1 saturated heterocycles. The first-order valence-electron chi connectivity index (χ1n) is 12.1. The van der Waals surface area contributed by atoms with Gasteiger partial charge in [-0.2, -0.15) is 0 Å². The zero-order valence-corrected chi connectivity index (χ0v) is 22.5. The second-order valence-electron chi connectivity index (χ2n) is 8.87.